The minimum atomic E-state index is -4.62. The summed E-state index contributed by atoms with van der Waals surface area (Å²) in [7, 11) is -4.62. The first-order valence-corrected chi connectivity index (χ1v) is 27.1. The minimum Gasteiger partial charge on any atom is -0.462 e. The van der Waals surface area contributed by atoms with Crippen LogP contribution in [-0.4, -0.2) is 65.7 Å². The van der Waals surface area contributed by atoms with Crippen molar-refractivity contribution < 1.29 is 47.8 Å². The number of phosphoric acid groups is 1. The number of hydrogen-bond donors (Lipinski definition) is 3. The van der Waals surface area contributed by atoms with Crippen LogP contribution >= 0.6 is 7.82 Å². The van der Waals surface area contributed by atoms with Gasteiger partial charge in [0.15, 0.2) is 6.10 Å². The van der Waals surface area contributed by atoms with Gasteiger partial charge in [-0.2, -0.15) is 0 Å². The summed E-state index contributed by atoms with van der Waals surface area (Å²) in [6, 6.07) is 0. The zero-order valence-corrected chi connectivity index (χ0v) is 40.4. The number of carbonyl (C=O) groups is 2. The molecule has 0 spiro atoms. The van der Waals surface area contributed by atoms with Gasteiger partial charge in [0, 0.05) is 12.8 Å². The van der Waals surface area contributed by atoms with E-state index < -0.39 is 51.8 Å². The maximum absolute atomic E-state index is 12.6. The van der Waals surface area contributed by atoms with Crippen molar-refractivity contribution >= 4 is 19.8 Å². The van der Waals surface area contributed by atoms with Gasteiger partial charge in [-0.1, -0.05) is 225 Å². The molecule has 10 nitrogen and oxygen atoms in total. The van der Waals surface area contributed by atoms with Gasteiger partial charge in [-0.25, -0.2) is 4.57 Å². The Labute approximate surface area is 375 Å². The Bertz CT molecular complexity index is 1010. The van der Waals surface area contributed by atoms with Crippen molar-refractivity contribution in [3.63, 3.8) is 0 Å². The highest BCUT2D eigenvalue weighted by molar-refractivity contribution is 7.47. The topological polar surface area (TPSA) is 149 Å². The number of phosphoric ester groups is 1. The Morgan fingerprint density at radius 3 is 1.20 bits per heavy atom. The van der Waals surface area contributed by atoms with E-state index in [4.69, 9.17) is 23.6 Å². The Hall–Kier alpha value is -1.29. The van der Waals surface area contributed by atoms with Crippen LogP contribution in [-0.2, 0) is 32.7 Å². The number of aliphatic hydroxyl groups excluding tert-OH is 2. The highest BCUT2D eigenvalue weighted by atomic mass is 31.2. The van der Waals surface area contributed by atoms with Crippen LogP contribution in [0.4, 0.5) is 0 Å². The molecule has 0 aromatic carbocycles. The standard InChI is InChI=1S/C50H97O10P/c1-3-5-7-9-11-13-15-17-19-20-21-22-23-24-25-26-28-29-31-33-35-37-39-41-49(53)57-45-48(46-59-61(55,56)58-44-47(52)43-51)60-50(54)42-40-38-36-34-32-30-27-18-16-14-12-10-8-6-4-2/h4,47-48,51-52H,2-3,5-46H2,1H3,(H,55,56)/t47-,48+/m1/s1. The van der Waals surface area contributed by atoms with Crippen LogP contribution in [0.5, 0.6) is 0 Å². The molecule has 0 aliphatic heterocycles. The molecule has 0 saturated carbocycles. The van der Waals surface area contributed by atoms with E-state index in [2.05, 4.69) is 13.5 Å². The van der Waals surface area contributed by atoms with Crippen molar-refractivity contribution in [3.8, 4) is 0 Å². The summed E-state index contributed by atoms with van der Waals surface area (Å²) in [6.45, 7) is 3.96. The molecule has 3 atom stereocenters. The number of carbonyl (C=O) groups excluding carboxylic acids is 2. The van der Waals surface area contributed by atoms with Gasteiger partial charge in [0.05, 0.1) is 19.8 Å². The summed E-state index contributed by atoms with van der Waals surface area (Å²) in [5, 5.41) is 18.4. The largest absolute Gasteiger partial charge is 0.472 e. The van der Waals surface area contributed by atoms with Gasteiger partial charge in [-0.05, 0) is 25.7 Å². The number of aliphatic hydroxyl groups is 2. The summed E-state index contributed by atoms with van der Waals surface area (Å²) in [5.74, 6) is -0.911. The molecule has 0 aromatic heterocycles. The monoisotopic (exact) mass is 889 g/mol. The van der Waals surface area contributed by atoms with Crippen LogP contribution in [0.3, 0.4) is 0 Å². The number of allylic oxidation sites excluding steroid dienone is 1. The van der Waals surface area contributed by atoms with Crippen molar-refractivity contribution in [3.05, 3.63) is 12.7 Å². The zero-order valence-electron chi connectivity index (χ0n) is 39.5. The van der Waals surface area contributed by atoms with E-state index in [-0.39, 0.29) is 19.4 Å². The lowest BCUT2D eigenvalue weighted by Gasteiger charge is -2.20. The first-order chi connectivity index (χ1) is 29.7. The van der Waals surface area contributed by atoms with Gasteiger partial charge in [0.2, 0.25) is 0 Å². The summed E-state index contributed by atoms with van der Waals surface area (Å²) < 4.78 is 32.9. The molecule has 0 fully saturated rings. The average Bonchev–Trinajstić information content (AvgIpc) is 3.25. The first kappa shape index (κ1) is 59.7. The summed E-state index contributed by atoms with van der Waals surface area (Å²) in [5.41, 5.74) is 0. The van der Waals surface area contributed by atoms with Crippen LogP contribution in [0.25, 0.3) is 0 Å². The molecule has 0 saturated heterocycles. The molecule has 0 rings (SSSR count). The first-order valence-electron chi connectivity index (χ1n) is 25.6. The van der Waals surface area contributed by atoms with Crippen LogP contribution < -0.4 is 0 Å². The molecule has 3 N–H and O–H groups in total. The van der Waals surface area contributed by atoms with E-state index in [9.17, 15) is 24.2 Å². The maximum Gasteiger partial charge on any atom is 0.472 e. The maximum atomic E-state index is 12.6. The van der Waals surface area contributed by atoms with Gasteiger partial charge in [-0.15, -0.1) is 6.58 Å². The molecular weight excluding hydrogens is 792 g/mol. The third-order valence-electron chi connectivity index (χ3n) is 11.6. The molecule has 0 aromatic rings. The molecule has 61 heavy (non-hydrogen) atoms. The lowest BCUT2D eigenvalue weighted by Crippen LogP contribution is -2.29. The fraction of sp³-hybridized carbons (Fsp3) is 0.920. The van der Waals surface area contributed by atoms with Crippen molar-refractivity contribution in [1.82, 2.24) is 0 Å². The Balaban J connectivity index is 4.07. The molecule has 0 radical (unpaired) electrons. The predicted molar refractivity (Wildman–Crippen MR) is 252 cm³/mol. The SMILES string of the molecule is C=CCCCCCCCCCCCCCCCC(=O)O[C@@H](COC(=O)CCCCCCCCCCCCCCCCCCCCCCCCC)COP(=O)(O)OC[C@H](O)CO. The summed E-state index contributed by atoms with van der Waals surface area (Å²) >= 11 is 0. The van der Waals surface area contributed by atoms with E-state index in [0.717, 1.165) is 38.5 Å². The molecule has 0 aliphatic rings. The minimum absolute atomic E-state index is 0.187. The average molecular weight is 889 g/mol. The third-order valence-corrected chi connectivity index (χ3v) is 12.5. The van der Waals surface area contributed by atoms with Crippen molar-refractivity contribution in [1.29, 1.82) is 0 Å². The number of ether oxygens (including phenoxy) is 2. The summed E-state index contributed by atoms with van der Waals surface area (Å²) in [4.78, 5) is 35.1. The smallest absolute Gasteiger partial charge is 0.462 e. The van der Waals surface area contributed by atoms with Crippen molar-refractivity contribution in [2.75, 3.05) is 26.4 Å². The highest BCUT2D eigenvalue weighted by Crippen LogP contribution is 2.43. The molecule has 11 heteroatoms. The molecule has 0 bridgehead atoms. The second-order valence-electron chi connectivity index (χ2n) is 17.6. The highest BCUT2D eigenvalue weighted by Gasteiger charge is 2.27. The number of rotatable bonds is 50. The summed E-state index contributed by atoms with van der Waals surface area (Å²) in [6.07, 6.45) is 46.5. The zero-order chi connectivity index (χ0) is 44.8. The van der Waals surface area contributed by atoms with Crippen molar-refractivity contribution in [2.45, 2.75) is 270 Å². The fourth-order valence-corrected chi connectivity index (χ4v) is 8.41. The van der Waals surface area contributed by atoms with Crippen LogP contribution in [0.1, 0.15) is 257 Å². The van der Waals surface area contributed by atoms with E-state index in [0.29, 0.717) is 12.8 Å². The van der Waals surface area contributed by atoms with Crippen LogP contribution in [0.2, 0.25) is 0 Å². The van der Waals surface area contributed by atoms with Crippen LogP contribution in [0, 0.1) is 0 Å². The Kier molecular flexibility index (Phi) is 45.7. The lowest BCUT2D eigenvalue weighted by atomic mass is 10.0. The Morgan fingerprint density at radius 2 is 0.836 bits per heavy atom. The molecule has 1 unspecified atom stereocenters. The van der Waals surface area contributed by atoms with Crippen molar-refractivity contribution in [2.24, 2.45) is 0 Å². The second kappa shape index (κ2) is 46.7. The third kappa shape index (κ3) is 46.5. The van der Waals surface area contributed by atoms with Gasteiger partial charge < -0.3 is 24.6 Å². The number of hydrogen-bond acceptors (Lipinski definition) is 9. The molecule has 0 aliphatic carbocycles. The fourth-order valence-electron chi connectivity index (χ4n) is 7.62. The second-order valence-corrected chi connectivity index (χ2v) is 19.1. The lowest BCUT2D eigenvalue weighted by molar-refractivity contribution is -0.161. The molecule has 362 valence electrons. The van der Waals surface area contributed by atoms with Gasteiger partial charge >= 0.3 is 19.8 Å². The number of esters is 2. The van der Waals surface area contributed by atoms with Gasteiger partial charge in [0.25, 0.3) is 0 Å². The molecule has 0 heterocycles. The molecular formula is C50H97O10P. The van der Waals surface area contributed by atoms with E-state index in [1.54, 1.807) is 0 Å². The van der Waals surface area contributed by atoms with E-state index in [1.807, 2.05) is 6.08 Å². The van der Waals surface area contributed by atoms with Crippen LogP contribution in [0.15, 0.2) is 12.7 Å². The quantitative estimate of drug-likeness (QED) is 0.0233. The normalized spacial score (nSPS) is 13.5. The predicted octanol–water partition coefficient (Wildman–Crippen LogP) is 14.3. The van der Waals surface area contributed by atoms with Gasteiger partial charge in [-0.3, -0.25) is 18.6 Å². The van der Waals surface area contributed by atoms with Gasteiger partial charge in [0.1, 0.15) is 12.7 Å². The number of unbranched alkanes of at least 4 members (excludes halogenated alkanes) is 35. The Morgan fingerprint density at radius 1 is 0.508 bits per heavy atom. The van der Waals surface area contributed by atoms with E-state index >= 15 is 0 Å². The van der Waals surface area contributed by atoms with E-state index in [1.165, 1.54) is 186 Å². The molecule has 0 amide bonds.